The van der Waals surface area contributed by atoms with Gasteiger partial charge in [0.2, 0.25) is 0 Å². The molecule has 1 N–H and O–H groups in total. The van der Waals surface area contributed by atoms with Crippen molar-refractivity contribution in [3.8, 4) is 0 Å². The average molecular weight is 272 g/mol. The fourth-order valence-corrected chi connectivity index (χ4v) is 3.22. The van der Waals surface area contributed by atoms with Gasteiger partial charge >= 0.3 is 0 Å². The Bertz CT molecular complexity index is 390. The first kappa shape index (κ1) is 13.2. The molecule has 1 aromatic carbocycles. The van der Waals surface area contributed by atoms with E-state index in [-0.39, 0.29) is 0 Å². The Balaban J connectivity index is 2.33. The van der Waals surface area contributed by atoms with Crippen LogP contribution in [0.2, 0.25) is 10.0 Å². The summed E-state index contributed by atoms with van der Waals surface area (Å²) in [4.78, 5) is 0. The topological polar surface area (TPSA) is 12.0 Å². The zero-order valence-corrected chi connectivity index (χ0v) is 11.9. The number of halogens is 2. The number of hydrogen-bond donors (Lipinski definition) is 1. The Labute approximate surface area is 114 Å². The molecule has 1 aromatic rings. The molecule has 94 valence electrons. The highest BCUT2D eigenvalue weighted by Gasteiger charge is 2.30. The summed E-state index contributed by atoms with van der Waals surface area (Å²) >= 11 is 12.5. The van der Waals surface area contributed by atoms with Crippen LogP contribution < -0.4 is 5.32 Å². The van der Waals surface area contributed by atoms with Gasteiger partial charge in [0, 0.05) is 0 Å². The second-order valence-corrected chi connectivity index (χ2v) is 5.94. The Morgan fingerprint density at radius 3 is 2.76 bits per heavy atom. The molecule has 1 nitrogen and oxygen atoms in total. The van der Waals surface area contributed by atoms with Crippen molar-refractivity contribution >= 4 is 23.2 Å². The summed E-state index contributed by atoms with van der Waals surface area (Å²) in [5.41, 5.74) is 1.22. The molecule has 0 radical (unpaired) electrons. The predicted molar refractivity (Wildman–Crippen MR) is 75.0 cm³/mol. The summed E-state index contributed by atoms with van der Waals surface area (Å²) in [6.07, 6.45) is 1.14. The van der Waals surface area contributed by atoms with Crippen LogP contribution in [0.4, 0.5) is 0 Å². The second kappa shape index (κ2) is 5.60. The molecule has 2 rings (SSSR count). The molecule has 1 heterocycles. The maximum absolute atomic E-state index is 6.34. The predicted octanol–water partition coefficient (Wildman–Crippen LogP) is 4.34. The molecule has 2 unspecified atom stereocenters. The smallest absolute Gasteiger partial charge is 0.0627 e. The van der Waals surface area contributed by atoms with E-state index >= 15 is 0 Å². The summed E-state index contributed by atoms with van der Waals surface area (Å²) in [5, 5.41) is 4.89. The minimum absolute atomic E-state index is 0.530. The van der Waals surface area contributed by atoms with Gasteiger partial charge < -0.3 is 5.32 Å². The summed E-state index contributed by atoms with van der Waals surface area (Å²) < 4.78 is 0. The van der Waals surface area contributed by atoms with Crippen molar-refractivity contribution in [2.75, 3.05) is 13.1 Å². The first-order chi connectivity index (χ1) is 8.11. The fraction of sp³-hybridized carbons (Fsp3) is 0.571. The highest BCUT2D eigenvalue weighted by molar-refractivity contribution is 6.42. The van der Waals surface area contributed by atoms with Gasteiger partial charge in [0.1, 0.15) is 0 Å². The van der Waals surface area contributed by atoms with E-state index in [9.17, 15) is 0 Å². The lowest BCUT2D eigenvalue weighted by molar-refractivity contribution is 0.255. The fourth-order valence-electron chi connectivity index (χ4n) is 2.78. The summed E-state index contributed by atoms with van der Waals surface area (Å²) in [6, 6.07) is 5.99. The van der Waals surface area contributed by atoms with Crippen LogP contribution in [0.3, 0.4) is 0 Å². The molecule has 0 aliphatic carbocycles. The monoisotopic (exact) mass is 271 g/mol. The van der Waals surface area contributed by atoms with Crippen molar-refractivity contribution < 1.29 is 0 Å². The number of hydrogen-bond acceptors (Lipinski definition) is 1. The number of piperidine rings is 1. The van der Waals surface area contributed by atoms with E-state index < -0.39 is 0 Å². The zero-order chi connectivity index (χ0) is 12.4. The molecule has 1 fully saturated rings. The van der Waals surface area contributed by atoms with Crippen molar-refractivity contribution in [3.05, 3.63) is 33.8 Å². The number of nitrogens with one attached hydrogen (secondary N) is 1. The molecular weight excluding hydrogens is 253 g/mol. The Morgan fingerprint density at radius 2 is 2.06 bits per heavy atom. The first-order valence-electron chi connectivity index (χ1n) is 6.26. The molecule has 2 atom stereocenters. The normalized spacial score (nSPS) is 25.2. The van der Waals surface area contributed by atoms with E-state index in [1.807, 2.05) is 12.1 Å². The van der Waals surface area contributed by atoms with Gasteiger partial charge in [-0.25, -0.2) is 0 Å². The van der Waals surface area contributed by atoms with Crippen LogP contribution in [0.15, 0.2) is 18.2 Å². The van der Waals surface area contributed by atoms with Crippen LogP contribution in [0.1, 0.15) is 31.7 Å². The van der Waals surface area contributed by atoms with E-state index in [2.05, 4.69) is 25.2 Å². The van der Waals surface area contributed by atoms with Crippen molar-refractivity contribution in [3.63, 3.8) is 0 Å². The van der Waals surface area contributed by atoms with Gasteiger partial charge in [-0.15, -0.1) is 0 Å². The van der Waals surface area contributed by atoms with Crippen molar-refractivity contribution in [2.45, 2.75) is 26.2 Å². The molecule has 0 bridgehead atoms. The third kappa shape index (κ3) is 2.78. The van der Waals surface area contributed by atoms with Gasteiger partial charge in [-0.3, -0.25) is 0 Å². The highest BCUT2D eigenvalue weighted by atomic mass is 35.5. The molecule has 3 heteroatoms. The van der Waals surface area contributed by atoms with Gasteiger partial charge in [0.05, 0.1) is 10.0 Å². The van der Waals surface area contributed by atoms with Crippen LogP contribution in [0.25, 0.3) is 0 Å². The largest absolute Gasteiger partial charge is 0.316 e. The Hall–Kier alpha value is -0.240. The number of benzene rings is 1. The molecule has 1 saturated heterocycles. The lowest BCUT2D eigenvalue weighted by atomic mass is 9.75. The summed E-state index contributed by atoms with van der Waals surface area (Å²) in [6.45, 7) is 6.70. The zero-order valence-electron chi connectivity index (χ0n) is 10.3. The van der Waals surface area contributed by atoms with Gasteiger partial charge in [0.15, 0.2) is 0 Å². The van der Waals surface area contributed by atoms with Gasteiger partial charge in [-0.2, -0.15) is 0 Å². The van der Waals surface area contributed by atoms with Crippen LogP contribution in [0.5, 0.6) is 0 Å². The molecule has 0 aromatic heterocycles. The lowest BCUT2D eigenvalue weighted by Gasteiger charge is -2.35. The number of rotatable bonds is 2. The first-order valence-corrected chi connectivity index (χ1v) is 7.01. The van der Waals surface area contributed by atoms with Gasteiger partial charge in [0.25, 0.3) is 0 Å². The average Bonchev–Trinajstić information content (AvgIpc) is 2.33. The quantitative estimate of drug-likeness (QED) is 0.844. The summed E-state index contributed by atoms with van der Waals surface area (Å²) in [7, 11) is 0. The van der Waals surface area contributed by atoms with E-state index in [1.54, 1.807) is 0 Å². The third-order valence-electron chi connectivity index (χ3n) is 3.77. The standard InChI is InChI=1S/C14H19Cl2N/c1-9(2)12-8-17-7-6-10(12)11-4-3-5-13(15)14(11)16/h3-5,9-10,12,17H,6-8H2,1-2H3. The van der Waals surface area contributed by atoms with E-state index in [0.29, 0.717) is 22.8 Å². The van der Waals surface area contributed by atoms with E-state index in [4.69, 9.17) is 23.2 Å². The third-order valence-corrected chi connectivity index (χ3v) is 4.60. The van der Waals surface area contributed by atoms with Crippen LogP contribution in [-0.2, 0) is 0 Å². The second-order valence-electron chi connectivity index (χ2n) is 5.15. The molecule has 17 heavy (non-hydrogen) atoms. The van der Waals surface area contributed by atoms with Crippen molar-refractivity contribution in [1.29, 1.82) is 0 Å². The molecule has 0 spiro atoms. The highest BCUT2D eigenvalue weighted by Crippen LogP contribution is 2.40. The van der Waals surface area contributed by atoms with Gasteiger partial charge in [-0.05, 0) is 48.9 Å². The molecular formula is C14H19Cl2N. The Kier molecular flexibility index (Phi) is 4.35. The summed E-state index contributed by atoms with van der Waals surface area (Å²) in [5.74, 6) is 1.82. The molecule has 0 amide bonds. The van der Waals surface area contributed by atoms with Crippen molar-refractivity contribution in [2.24, 2.45) is 11.8 Å². The maximum atomic E-state index is 6.34. The van der Waals surface area contributed by atoms with Crippen molar-refractivity contribution in [1.82, 2.24) is 5.32 Å². The SMILES string of the molecule is CC(C)C1CNCCC1c1cccc(Cl)c1Cl. The van der Waals surface area contributed by atoms with Gasteiger partial charge in [-0.1, -0.05) is 49.2 Å². The van der Waals surface area contributed by atoms with Crippen LogP contribution >= 0.6 is 23.2 Å². The lowest BCUT2D eigenvalue weighted by Crippen LogP contribution is -2.38. The minimum Gasteiger partial charge on any atom is -0.316 e. The minimum atomic E-state index is 0.530. The maximum Gasteiger partial charge on any atom is 0.0627 e. The van der Waals surface area contributed by atoms with E-state index in [0.717, 1.165) is 24.5 Å². The van der Waals surface area contributed by atoms with Crippen LogP contribution in [-0.4, -0.2) is 13.1 Å². The Morgan fingerprint density at radius 1 is 1.29 bits per heavy atom. The molecule has 1 aliphatic heterocycles. The van der Waals surface area contributed by atoms with E-state index in [1.165, 1.54) is 5.56 Å². The van der Waals surface area contributed by atoms with Crippen LogP contribution in [0, 0.1) is 11.8 Å². The molecule has 1 aliphatic rings. The molecule has 0 saturated carbocycles.